The number of aromatic nitrogens is 1. The van der Waals surface area contributed by atoms with Crippen LogP contribution >= 0.6 is 11.3 Å². The number of carbonyl (C=O) groups is 1. The summed E-state index contributed by atoms with van der Waals surface area (Å²) in [6, 6.07) is 5.78. The van der Waals surface area contributed by atoms with Crippen LogP contribution < -0.4 is 10.2 Å². The van der Waals surface area contributed by atoms with Crippen molar-refractivity contribution in [3.63, 3.8) is 0 Å². The van der Waals surface area contributed by atoms with Crippen LogP contribution in [0.1, 0.15) is 23.2 Å². The van der Waals surface area contributed by atoms with Gasteiger partial charge in [-0.25, -0.2) is 9.37 Å². The van der Waals surface area contributed by atoms with Crippen molar-refractivity contribution < 1.29 is 9.18 Å². The van der Waals surface area contributed by atoms with Gasteiger partial charge in [0.2, 0.25) is 0 Å². The van der Waals surface area contributed by atoms with Gasteiger partial charge in [-0.3, -0.25) is 4.79 Å². The van der Waals surface area contributed by atoms with Crippen LogP contribution in [0.4, 0.5) is 9.52 Å². The monoisotopic (exact) mass is 319 g/mol. The average Bonchev–Trinajstić information content (AvgIpc) is 3.07. The lowest BCUT2D eigenvalue weighted by atomic mass is 9.98. The molecule has 0 bridgehead atoms. The Kier molecular flexibility index (Phi) is 4.68. The summed E-state index contributed by atoms with van der Waals surface area (Å²) in [6.45, 7) is 2.52. The van der Waals surface area contributed by atoms with E-state index in [9.17, 15) is 9.18 Å². The molecule has 2 heterocycles. The summed E-state index contributed by atoms with van der Waals surface area (Å²) >= 11 is 1.64. The number of benzene rings is 1. The molecule has 0 saturated carbocycles. The van der Waals surface area contributed by atoms with Gasteiger partial charge in [-0.1, -0.05) is 6.07 Å². The first kappa shape index (κ1) is 15.0. The molecular weight excluding hydrogens is 301 g/mol. The van der Waals surface area contributed by atoms with E-state index in [2.05, 4.69) is 15.2 Å². The molecule has 1 aromatic carbocycles. The van der Waals surface area contributed by atoms with E-state index in [1.807, 2.05) is 11.6 Å². The molecule has 0 spiro atoms. The third-order valence-electron chi connectivity index (χ3n) is 3.85. The molecule has 1 aliphatic heterocycles. The third-order valence-corrected chi connectivity index (χ3v) is 4.68. The van der Waals surface area contributed by atoms with Gasteiger partial charge in [0.15, 0.2) is 5.13 Å². The minimum atomic E-state index is -0.389. The topological polar surface area (TPSA) is 45.2 Å². The minimum absolute atomic E-state index is 0.217. The Balaban J connectivity index is 1.54. The first-order valence-electron chi connectivity index (χ1n) is 7.40. The number of thiazole rings is 1. The van der Waals surface area contributed by atoms with Crippen LogP contribution in [0.15, 0.2) is 35.8 Å². The number of rotatable bonds is 4. The third kappa shape index (κ3) is 3.62. The Hall–Kier alpha value is -1.95. The van der Waals surface area contributed by atoms with E-state index in [1.165, 1.54) is 12.1 Å². The summed E-state index contributed by atoms with van der Waals surface area (Å²) in [6.07, 6.45) is 4.00. The van der Waals surface area contributed by atoms with E-state index in [4.69, 9.17) is 0 Å². The maximum atomic E-state index is 13.1. The Labute approximate surface area is 133 Å². The highest BCUT2D eigenvalue weighted by atomic mass is 32.1. The molecule has 1 fully saturated rings. The van der Waals surface area contributed by atoms with Crippen molar-refractivity contribution in [2.75, 3.05) is 24.5 Å². The Morgan fingerprint density at radius 2 is 2.41 bits per heavy atom. The molecule has 6 heteroatoms. The van der Waals surface area contributed by atoms with Gasteiger partial charge in [0.1, 0.15) is 5.82 Å². The SMILES string of the molecule is O=C(NCC1CCCN(c2nccs2)C1)c1cccc(F)c1. The number of halogens is 1. The van der Waals surface area contributed by atoms with Gasteiger partial charge >= 0.3 is 0 Å². The summed E-state index contributed by atoms with van der Waals surface area (Å²) in [4.78, 5) is 18.7. The van der Waals surface area contributed by atoms with E-state index in [0.717, 1.165) is 31.1 Å². The fourth-order valence-electron chi connectivity index (χ4n) is 2.75. The maximum Gasteiger partial charge on any atom is 0.251 e. The van der Waals surface area contributed by atoms with Crippen molar-refractivity contribution in [2.24, 2.45) is 5.92 Å². The van der Waals surface area contributed by atoms with Crippen LogP contribution in [0.5, 0.6) is 0 Å². The molecule has 0 radical (unpaired) electrons. The fraction of sp³-hybridized carbons (Fsp3) is 0.375. The number of hydrogen-bond donors (Lipinski definition) is 1. The van der Waals surface area contributed by atoms with Gasteiger partial charge in [-0.05, 0) is 37.0 Å². The average molecular weight is 319 g/mol. The van der Waals surface area contributed by atoms with Crippen molar-refractivity contribution in [1.82, 2.24) is 10.3 Å². The number of amides is 1. The maximum absolute atomic E-state index is 13.1. The molecule has 2 aromatic rings. The first-order chi connectivity index (χ1) is 10.7. The first-order valence-corrected chi connectivity index (χ1v) is 8.28. The molecule has 0 aliphatic carbocycles. The summed E-state index contributed by atoms with van der Waals surface area (Å²) in [5.74, 6) is -0.207. The smallest absolute Gasteiger partial charge is 0.251 e. The highest BCUT2D eigenvalue weighted by Gasteiger charge is 2.22. The van der Waals surface area contributed by atoms with Gasteiger partial charge in [0.05, 0.1) is 0 Å². The lowest BCUT2D eigenvalue weighted by Crippen LogP contribution is -2.41. The highest BCUT2D eigenvalue weighted by molar-refractivity contribution is 7.13. The molecule has 1 N–H and O–H groups in total. The van der Waals surface area contributed by atoms with Gasteiger partial charge < -0.3 is 10.2 Å². The summed E-state index contributed by atoms with van der Waals surface area (Å²) in [5, 5.41) is 5.93. The molecule has 1 amide bonds. The van der Waals surface area contributed by atoms with Crippen molar-refractivity contribution in [2.45, 2.75) is 12.8 Å². The molecule has 4 nitrogen and oxygen atoms in total. The number of hydrogen-bond acceptors (Lipinski definition) is 4. The predicted octanol–water partition coefficient (Wildman–Crippen LogP) is 2.93. The standard InChI is InChI=1S/C16H18FN3OS/c17-14-5-1-4-13(9-14)15(21)19-10-12-3-2-7-20(11-12)16-18-6-8-22-16/h1,4-6,8-9,12H,2-3,7,10-11H2,(H,19,21). The number of piperidine rings is 1. The van der Waals surface area contributed by atoms with Crippen LogP contribution in [0.25, 0.3) is 0 Å². The van der Waals surface area contributed by atoms with Crippen molar-refractivity contribution >= 4 is 22.4 Å². The quantitative estimate of drug-likeness (QED) is 0.942. The zero-order valence-electron chi connectivity index (χ0n) is 12.2. The number of nitrogens with one attached hydrogen (secondary N) is 1. The van der Waals surface area contributed by atoms with E-state index in [1.54, 1.807) is 23.5 Å². The van der Waals surface area contributed by atoms with Gasteiger partial charge in [-0.15, -0.1) is 11.3 Å². The Bertz CT molecular complexity index is 632. The fourth-order valence-corrected chi connectivity index (χ4v) is 3.43. The zero-order valence-corrected chi connectivity index (χ0v) is 13.0. The van der Waals surface area contributed by atoms with Crippen molar-refractivity contribution in [3.05, 3.63) is 47.2 Å². The molecule has 116 valence electrons. The molecule has 1 atom stereocenters. The van der Waals surface area contributed by atoms with Crippen molar-refractivity contribution in [1.29, 1.82) is 0 Å². The van der Waals surface area contributed by atoms with E-state index >= 15 is 0 Å². The number of carbonyl (C=O) groups excluding carboxylic acids is 1. The molecule has 1 aromatic heterocycles. The highest BCUT2D eigenvalue weighted by Crippen LogP contribution is 2.24. The number of anilines is 1. The molecule has 3 rings (SSSR count). The van der Waals surface area contributed by atoms with E-state index in [0.29, 0.717) is 18.0 Å². The van der Waals surface area contributed by atoms with Crippen molar-refractivity contribution in [3.8, 4) is 0 Å². The lowest BCUT2D eigenvalue weighted by molar-refractivity contribution is 0.0945. The second kappa shape index (κ2) is 6.87. The van der Waals surface area contributed by atoms with E-state index < -0.39 is 0 Å². The van der Waals surface area contributed by atoms with Crippen LogP contribution in [-0.4, -0.2) is 30.5 Å². The van der Waals surface area contributed by atoms with Crippen LogP contribution in [0.2, 0.25) is 0 Å². The van der Waals surface area contributed by atoms with E-state index in [-0.39, 0.29) is 11.7 Å². The number of nitrogens with zero attached hydrogens (tertiary/aromatic N) is 2. The predicted molar refractivity (Wildman–Crippen MR) is 85.8 cm³/mol. The summed E-state index contributed by atoms with van der Waals surface area (Å²) in [7, 11) is 0. The summed E-state index contributed by atoms with van der Waals surface area (Å²) in [5.41, 5.74) is 0.368. The second-order valence-corrected chi connectivity index (χ2v) is 6.36. The molecule has 22 heavy (non-hydrogen) atoms. The van der Waals surface area contributed by atoms with Crippen LogP contribution in [0, 0.1) is 11.7 Å². The van der Waals surface area contributed by atoms with Crippen LogP contribution in [-0.2, 0) is 0 Å². The van der Waals surface area contributed by atoms with Gasteiger partial charge in [0.25, 0.3) is 5.91 Å². The van der Waals surface area contributed by atoms with Gasteiger partial charge in [-0.2, -0.15) is 0 Å². The molecule has 1 saturated heterocycles. The van der Waals surface area contributed by atoms with Crippen LogP contribution in [0.3, 0.4) is 0 Å². The lowest BCUT2D eigenvalue weighted by Gasteiger charge is -2.32. The molecular formula is C16H18FN3OS. The zero-order chi connectivity index (χ0) is 15.4. The largest absolute Gasteiger partial charge is 0.352 e. The normalized spacial score (nSPS) is 18.2. The minimum Gasteiger partial charge on any atom is -0.352 e. The Morgan fingerprint density at radius 3 is 3.18 bits per heavy atom. The summed E-state index contributed by atoms with van der Waals surface area (Å²) < 4.78 is 13.1. The molecule has 1 unspecified atom stereocenters. The molecule has 1 aliphatic rings. The van der Waals surface area contributed by atoms with Gasteiger partial charge in [0, 0.05) is 36.8 Å². The second-order valence-electron chi connectivity index (χ2n) is 5.49. The Morgan fingerprint density at radius 1 is 1.50 bits per heavy atom.